The number of rotatable bonds is 4. The largest absolute Gasteiger partial charge is 0.356 e. The van der Waals surface area contributed by atoms with Crippen molar-refractivity contribution in [1.29, 1.82) is 0 Å². The molecule has 0 aliphatic carbocycles. The van der Waals surface area contributed by atoms with E-state index in [1.54, 1.807) is 6.29 Å². The topological polar surface area (TPSA) is 44.8 Å². The molecule has 0 fully saturated rings. The van der Waals surface area contributed by atoms with Crippen LogP contribution in [0, 0.1) is 0 Å². The Labute approximate surface area is 136 Å². The van der Waals surface area contributed by atoms with Gasteiger partial charge in [0.1, 0.15) is 0 Å². The van der Waals surface area contributed by atoms with Crippen molar-refractivity contribution in [2.75, 3.05) is 0 Å². The maximum absolute atomic E-state index is 11.4. The molecule has 0 aromatic rings. The summed E-state index contributed by atoms with van der Waals surface area (Å²) in [5.41, 5.74) is -1.77. The average molecular weight is 351 g/mol. The van der Waals surface area contributed by atoms with E-state index in [9.17, 15) is 4.79 Å². The van der Waals surface area contributed by atoms with Crippen molar-refractivity contribution >= 4 is 6.29 Å². The summed E-state index contributed by atoms with van der Waals surface area (Å²) in [6.45, 7) is 16.5. The predicted molar refractivity (Wildman–Crippen MR) is 70.9 cm³/mol. The third-order valence-corrected chi connectivity index (χ3v) is 1.45. The van der Waals surface area contributed by atoms with Crippen LogP contribution in [0.3, 0.4) is 0 Å². The van der Waals surface area contributed by atoms with E-state index in [0.29, 0.717) is 0 Å². The average Bonchev–Trinajstić information content (AvgIpc) is 1.93. The molecule has 0 aromatic carbocycles. The summed E-state index contributed by atoms with van der Waals surface area (Å²) in [6.07, 6.45) is 1.77. The molecular formula is C14H27O4Zr. The van der Waals surface area contributed by atoms with Gasteiger partial charge in [-0.25, -0.2) is 0 Å². The van der Waals surface area contributed by atoms with Gasteiger partial charge < -0.3 is 14.2 Å². The Morgan fingerprint density at radius 1 is 0.632 bits per heavy atom. The van der Waals surface area contributed by atoms with Gasteiger partial charge in [-0.3, -0.25) is 4.79 Å². The van der Waals surface area contributed by atoms with Gasteiger partial charge in [0.05, 0.1) is 16.8 Å². The van der Waals surface area contributed by atoms with Crippen molar-refractivity contribution in [3.05, 3.63) is 0 Å². The molecule has 0 saturated heterocycles. The Morgan fingerprint density at radius 2 is 0.842 bits per heavy atom. The van der Waals surface area contributed by atoms with Gasteiger partial charge in [0.15, 0.2) is 0 Å². The summed E-state index contributed by atoms with van der Waals surface area (Å²) in [4.78, 5) is 11.4. The Balaban J connectivity index is 0. The molecule has 0 aromatic heterocycles. The SMILES string of the molecule is CC(C)(C)OC([C]=O)(OC(C)(C)C)OC(C)(C)C.[Zr]. The minimum atomic E-state index is -1.81. The molecule has 0 amide bonds. The molecule has 0 aliphatic heterocycles. The molecule has 0 heterocycles. The minimum Gasteiger partial charge on any atom is -0.315 e. The van der Waals surface area contributed by atoms with Crippen LogP contribution >= 0.6 is 0 Å². The third-order valence-electron chi connectivity index (χ3n) is 1.45. The zero-order chi connectivity index (χ0) is 14.8. The Kier molecular flexibility index (Phi) is 7.92. The minimum absolute atomic E-state index is 0. The summed E-state index contributed by atoms with van der Waals surface area (Å²) in [7, 11) is 0. The molecule has 5 heteroatoms. The van der Waals surface area contributed by atoms with Gasteiger partial charge in [-0.2, -0.15) is 0 Å². The maximum Gasteiger partial charge on any atom is 0.356 e. The summed E-state index contributed by atoms with van der Waals surface area (Å²) in [6, 6.07) is 0. The van der Waals surface area contributed by atoms with Crippen molar-refractivity contribution in [3.63, 3.8) is 0 Å². The van der Waals surface area contributed by atoms with E-state index in [1.165, 1.54) is 0 Å². The van der Waals surface area contributed by atoms with Crippen molar-refractivity contribution in [2.24, 2.45) is 0 Å². The van der Waals surface area contributed by atoms with Crippen molar-refractivity contribution in [2.45, 2.75) is 85.1 Å². The zero-order valence-electron chi connectivity index (χ0n) is 13.6. The fraction of sp³-hybridized carbons (Fsp3) is 0.929. The van der Waals surface area contributed by atoms with E-state index in [0.717, 1.165) is 0 Å². The van der Waals surface area contributed by atoms with Crippen LogP contribution in [0.25, 0.3) is 0 Å². The monoisotopic (exact) mass is 349 g/mol. The molecule has 0 rings (SSSR count). The molecule has 1 radical (unpaired) electrons. The summed E-state index contributed by atoms with van der Waals surface area (Å²) >= 11 is 0. The molecule has 0 unspecified atom stereocenters. The van der Waals surface area contributed by atoms with Gasteiger partial charge in [-0.1, -0.05) is 0 Å². The number of ether oxygens (including phenoxy) is 3. The van der Waals surface area contributed by atoms with Gasteiger partial charge in [0.25, 0.3) is 6.29 Å². The van der Waals surface area contributed by atoms with E-state index >= 15 is 0 Å². The third kappa shape index (κ3) is 10.8. The van der Waals surface area contributed by atoms with E-state index in [1.807, 2.05) is 62.3 Å². The summed E-state index contributed by atoms with van der Waals surface area (Å²) in [5.74, 6) is -1.81. The normalized spacial score (nSPS) is 13.9. The fourth-order valence-corrected chi connectivity index (χ4v) is 1.33. The molecule has 0 saturated carbocycles. The molecular weight excluding hydrogens is 323 g/mol. The Hall–Kier alpha value is 0.433. The van der Waals surface area contributed by atoms with Gasteiger partial charge >= 0.3 is 5.97 Å². The first kappa shape index (κ1) is 21.7. The van der Waals surface area contributed by atoms with Crippen LogP contribution in [0.1, 0.15) is 62.3 Å². The quantitative estimate of drug-likeness (QED) is 0.731. The van der Waals surface area contributed by atoms with E-state index in [2.05, 4.69) is 0 Å². The van der Waals surface area contributed by atoms with E-state index in [4.69, 9.17) is 14.2 Å². The second-order valence-corrected chi connectivity index (χ2v) is 7.30. The van der Waals surface area contributed by atoms with E-state index in [-0.39, 0.29) is 26.2 Å². The summed E-state index contributed by atoms with van der Waals surface area (Å²) in [5, 5.41) is 0. The smallest absolute Gasteiger partial charge is 0.315 e. The molecule has 111 valence electrons. The first-order valence-corrected chi connectivity index (χ1v) is 6.18. The Morgan fingerprint density at radius 3 is 0.947 bits per heavy atom. The molecule has 0 spiro atoms. The Bertz CT molecular complexity index is 240. The first-order chi connectivity index (χ1) is 7.68. The van der Waals surface area contributed by atoms with Crippen LogP contribution in [0.4, 0.5) is 0 Å². The van der Waals surface area contributed by atoms with Crippen molar-refractivity contribution in [1.82, 2.24) is 0 Å². The second-order valence-electron chi connectivity index (χ2n) is 7.30. The second kappa shape index (κ2) is 6.93. The molecule has 19 heavy (non-hydrogen) atoms. The summed E-state index contributed by atoms with van der Waals surface area (Å²) < 4.78 is 17.0. The van der Waals surface area contributed by atoms with Gasteiger partial charge in [-0.15, -0.1) is 0 Å². The van der Waals surface area contributed by atoms with Gasteiger partial charge in [0.2, 0.25) is 0 Å². The molecule has 0 atom stereocenters. The van der Waals surface area contributed by atoms with Crippen molar-refractivity contribution < 1.29 is 45.2 Å². The van der Waals surface area contributed by atoms with Crippen LogP contribution in [0.2, 0.25) is 0 Å². The van der Waals surface area contributed by atoms with Crippen molar-refractivity contribution in [3.8, 4) is 0 Å². The maximum atomic E-state index is 11.4. The fourth-order valence-electron chi connectivity index (χ4n) is 1.33. The van der Waals surface area contributed by atoms with Gasteiger partial charge in [0, 0.05) is 26.2 Å². The molecule has 0 aliphatic rings. The standard InChI is InChI=1S/C14H27O4.Zr/c1-11(2,3)16-14(10-15,17-12(4,5)6)18-13(7,8)9;/h1-9H3;. The van der Waals surface area contributed by atoms with Crippen LogP contribution in [-0.2, 0) is 45.2 Å². The number of hydrogen-bond donors (Lipinski definition) is 0. The number of hydrogen-bond acceptors (Lipinski definition) is 4. The predicted octanol–water partition coefficient (Wildman–Crippen LogP) is 3.19. The van der Waals surface area contributed by atoms with Crippen LogP contribution in [0.15, 0.2) is 0 Å². The van der Waals surface area contributed by atoms with Crippen LogP contribution < -0.4 is 0 Å². The molecule has 4 nitrogen and oxygen atoms in total. The molecule has 0 bridgehead atoms. The zero-order valence-corrected chi connectivity index (χ0v) is 16.1. The first-order valence-electron chi connectivity index (χ1n) is 6.18. The van der Waals surface area contributed by atoms with E-state index < -0.39 is 22.8 Å². The van der Waals surface area contributed by atoms with Crippen LogP contribution in [0.5, 0.6) is 0 Å². The van der Waals surface area contributed by atoms with Gasteiger partial charge in [-0.05, 0) is 62.3 Å². The number of carbonyl (C=O) groups excluding carboxylic acids is 1. The van der Waals surface area contributed by atoms with Crippen LogP contribution in [-0.4, -0.2) is 29.1 Å². The molecule has 0 N–H and O–H groups in total.